The van der Waals surface area contributed by atoms with Gasteiger partial charge in [0.2, 0.25) is 0 Å². The first-order valence-electron chi connectivity index (χ1n) is 9.71. The van der Waals surface area contributed by atoms with Crippen LogP contribution in [0.15, 0.2) is 42.5 Å². The smallest absolute Gasteiger partial charge is 0.416 e. The molecule has 0 aromatic heterocycles. The molecule has 1 fully saturated rings. The van der Waals surface area contributed by atoms with E-state index >= 15 is 0 Å². The van der Waals surface area contributed by atoms with Gasteiger partial charge in [0.15, 0.2) is 0 Å². The van der Waals surface area contributed by atoms with Crippen LogP contribution in [0.4, 0.5) is 13.2 Å². The zero-order valence-corrected chi connectivity index (χ0v) is 17.0. The first kappa shape index (κ1) is 22.0. The van der Waals surface area contributed by atoms with Crippen molar-refractivity contribution in [3.05, 3.63) is 59.2 Å². The molecule has 5 nitrogen and oxygen atoms in total. The number of rotatable bonds is 5. The fourth-order valence-electron chi connectivity index (χ4n) is 3.54. The van der Waals surface area contributed by atoms with Gasteiger partial charge >= 0.3 is 6.18 Å². The molecule has 0 aliphatic carbocycles. The molecule has 3 rings (SSSR count). The van der Waals surface area contributed by atoms with Crippen LogP contribution < -0.4 is 9.47 Å². The Morgan fingerprint density at radius 1 is 0.967 bits per heavy atom. The summed E-state index contributed by atoms with van der Waals surface area (Å²) in [5, 5.41) is 0. The second-order valence-electron chi connectivity index (χ2n) is 7.18. The second kappa shape index (κ2) is 9.38. The zero-order chi connectivity index (χ0) is 21.7. The topological polar surface area (TPSA) is 42.0 Å². The van der Waals surface area contributed by atoms with Crippen molar-refractivity contribution in [2.45, 2.75) is 19.1 Å². The third-order valence-corrected chi connectivity index (χ3v) is 5.20. The molecule has 0 N–H and O–H groups in total. The van der Waals surface area contributed by atoms with E-state index in [-0.39, 0.29) is 5.91 Å². The molecule has 1 aliphatic rings. The summed E-state index contributed by atoms with van der Waals surface area (Å²) in [5.74, 6) is 0.970. The van der Waals surface area contributed by atoms with Gasteiger partial charge < -0.3 is 14.4 Å². The van der Waals surface area contributed by atoms with Crippen LogP contribution >= 0.6 is 0 Å². The highest BCUT2D eigenvalue weighted by Gasteiger charge is 2.30. The lowest BCUT2D eigenvalue weighted by Crippen LogP contribution is -2.35. The predicted octanol–water partition coefficient (Wildman–Crippen LogP) is 4.07. The maximum Gasteiger partial charge on any atom is 0.416 e. The fraction of sp³-hybridized carbons (Fsp3) is 0.409. The van der Waals surface area contributed by atoms with E-state index in [9.17, 15) is 18.0 Å². The number of methoxy groups -OCH3 is 2. The molecule has 0 unspecified atom stereocenters. The van der Waals surface area contributed by atoms with Crippen molar-refractivity contribution in [1.29, 1.82) is 0 Å². The van der Waals surface area contributed by atoms with E-state index in [1.54, 1.807) is 30.2 Å². The van der Waals surface area contributed by atoms with Gasteiger partial charge in [-0.2, -0.15) is 13.2 Å². The molecule has 0 saturated carbocycles. The van der Waals surface area contributed by atoms with Crippen LogP contribution in [0.1, 0.15) is 27.9 Å². The molecule has 0 atom stereocenters. The standard InChI is InChI=1S/C22H25F3N2O3/c1-29-18-8-9-19(20(14-18)30-2)21(28)27-11-3-10-26(12-13-27)15-16-4-6-17(7-5-16)22(23,24)25/h4-9,14H,3,10-13,15H2,1-2H3. The molecule has 2 aromatic carbocycles. The minimum atomic E-state index is -4.33. The van der Waals surface area contributed by atoms with E-state index in [0.717, 1.165) is 30.7 Å². The van der Waals surface area contributed by atoms with Crippen LogP contribution in [-0.4, -0.2) is 56.1 Å². The van der Waals surface area contributed by atoms with Crippen molar-refractivity contribution >= 4 is 5.91 Å². The first-order valence-corrected chi connectivity index (χ1v) is 9.71. The molecular formula is C22H25F3N2O3. The van der Waals surface area contributed by atoms with Gasteiger partial charge in [-0.15, -0.1) is 0 Å². The van der Waals surface area contributed by atoms with Crippen molar-refractivity contribution in [3.8, 4) is 11.5 Å². The molecule has 2 aromatic rings. The van der Waals surface area contributed by atoms with E-state index in [4.69, 9.17) is 9.47 Å². The summed E-state index contributed by atoms with van der Waals surface area (Å²) in [6.45, 7) is 3.11. The molecule has 8 heteroatoms. The lowest BCUT2D eigenvalue weighted by Gasteiger charge is -2.23. The third-order valence-electron chi connectivity index (χ3n) is 5.20. The van der Waals surface area contributed by atoms with Crippen molar-refractivity contribution in [2.75, 3.05) is 40.4 Å². The van der Waals surface area contributed by atoms with Crippen LogP contribution in [0.3, 0.4) is 0 Å². The summed E-state index contributed by atoms with van der Waals surface area (Å²) < 4.78 is 48.7. The molecule has 0 bridgehead atoms. The number of halogens is 3. The summed E-state index contributed by atoms with van der Waals surface area (Å²) in [4.78, 5) is 17.0. The van der Waals surface area contributed by atoms with Gasteiger partial charge in [-0.1, -0.05) is 12.1 Å². The maximum atomic E-state index is 13.0. The van der Waals surface area contributed by atoms with E-state index in [0.29, 0.717) is 43.2 Å². The summed E-state index contributed by atoms with van der Waals surface area (Å²) in [5.41, 5.74) is 0.654. The highest BCUT2D eigenvalue weighted by Crippen LogP contribution is 2.29. The predicted molar refractivity (Wildman–Crippen MR) is 107 cm³/mol. The number of alkyl halides is 3. The van der Waals surface area contributed by atoms with Gasteiger partial charge in [0, 0.05) is 38.8 Å². The number of ether oxygens (including phenoxy) is 2. The Labute approximate surface area is 174 Å². The Kier molecular flexibility index (Phi) is 6.87. The number of hydrogen-bond acceptors (Lipinski definition) is 4. The SMILES string of the molecule is COc1ccc(C(=O)N2CCCN(Cc3ccc(C(F)(F)F)cc3)CC2)c(OC)c1. The van der Waals surface area contributed by atoms with E-state index in [1.165, 1.54) is 19.2 Å². The average molecular weight is 422 g/mol. The van der Waals surface area contributed by atoms with E-state index < -0.39 is 11.7 Å². The highest BCUT2D eigenvalue weighted by atomic mass is 19.4. The van der Waals surface area contributed by atoms with Crippen molar-refractivity contribution in [3.63, 3.8) is 0 Å². The second-order valence-corrected chi connectivity index (χ2v) is 7.18. The van der Waals surface area contributed by atoms with Crippen LogP contribution in [-0.2, 0) is 12.7 Å². The molecule has 1 saturated heterocycles. The molecule has 30 heavy (non-hydrogen) atoms. The normalized spacial score (nSPS) is 15.6. The summed E-state index contributed by atoms with van der Waals surface area (Å²) >= 11 is 0. The van der Waals surface area contributed by atoms with Gasteiger partial charge in [-0.3, -0.25) is 9.69 Å². The maximum absolute atomic E-state index is 13.0. The Balaban J connectivity index is 1.63. The van der Waals surface area contributed by atoms with Crippen molar-refractivity contribution < 1.29 is 27.4 Å². The van der Waals surface area contributed by atoms with Crippen LogP contribution in [0.25, 0.3) is 0 Å². The number of hydrogen-bond donors (Lipinski definition) is 0. The van der Waals surface area contributed by atoms with Gasteiger partial charge in [-0.25, -0.2) is 0 Å². The lowest BCUT2D eigenvalue weighted by molar-refractivity contribution is -0.137. The number of carbonyl (C=O) groups excluding carboxylic acids is 1. The Bertz CT molecular complexity index is 869. The molecule has 1 amide bonds. The first-order chi connectivity index (χ1) is 14.3. The van der Waals surface area contributed by atoms with Gasteiger partial charge in [0.1, 0.15) is 11.5 Å². The molecule has 162 valence electrons. The Morgan fingerprint density at radius 3 is 2.33 bits per heavy atom. The van der Waals surface area contributed by atoms with E-state index in [1.807, 2.05) is 0 Å². The van der Waals surface area contributed by atoms with Gasteiger partial charge in [0.25, 0.3) is 5.91 Å². The Morgan fingerprint density at radius 2 is 1.70 bits per heavy atom. The van der Waals surface area contributed by atoms with Crippen molar-refractivity contribution in [2.24, 2.45) is 0 Å². The third kappa shape index (κ3) is 5.24. The number of amides is 1. The molecule has 0 radical (unpaired) electrons. The average Bonchev–Trinajstić information content (AvgIpc) is 2.98. The monoisotopic (exact) mass is 422 g/mol. The quantitative estimate of drug-likeness (QED) is 0.729. The minimum absolute atomic E-state index is 0.106. The van der Waals surface area contributed by atoms with Gasteiger partial charge in [0.05, 0.1) is 25.3 Å². The Hall–Kier alpha value is -2.74. The number of nitrogens with zero attached hydrogens (tertiary/aromatic N) is 2. The lowest BCUT2D eigenvalue weighted by atomic mass is 10.1. The molecule has 0 spiro atoms. The zero-order valence-electron chi connectivity index (χ0n) is 17.0. The minimum Gasteiger partial charge on any atom is -0.497 e. The van der Waals surface area contributed by atoms with E-state index in [2.05, 4.69) is 4.90 Å². The summed E-state index contributed by atoms with van der Waals surface area (Å²) in [6.07, 6.45) is -3.55. The summed E-state index contributed by atoms with van der Waals surface area (Å²) in [7, 11) is 3.07. The molecule has 1 heterocycles. The van der Waals surface area contributed by atoms with Crippen LogP contribution in [0, 0.1) is 0 Å². The van der Waals surface area contributed by atoms with Gasteiger partial charge in [-0.05, 0) is 36.2 Å². The largest absolute Gasteiger partial charge is 0.497 e. The number of benzene rings is 2. The number of carbonyl (C=O) groups is 1. The summed E-state index contributed by atoms with van der Waals surface area (Å²) in [6, 6.07) is 10.4. The molecule has 1 aliphatic heterocycles. The fourth-order valence-corrected chi connectivity index (χ4v) is 3.54. The highest BCUT2D eigenvalue weighted by molar-refractivity contribution is 5.97. The van der Waals surface area contributed by atoms with Crippen molar-refractivity contribution in [1.82, 2.24) is 9.80 Å². The van der Waals surface area contributed by atoms with Crippen LogP contribution in [0.5, 0.6) is 11.5 Å². The molecular weight excluding hydrogens is 397 g/mol. The van der Waals surface area contributed by atoms with Crippen LogP contribution in [0.2, 0.25) is 0 Å².